The summed E-state index contributed by atoms with van der Waals surface area (Å²) in [5.41, 5.74) is 0.783. The average Bonchev–Trinajstić information content (AvgIpc) is 3.53. The van der Waals surface area contributed by atoms with Gasteiger partial charge in [-0.3, -0.25) is 4.90 Å². The van der Waals surface area contributed by atoms with Crippen molar-refractivity contribution in [3.8, 4) is 11.5 Å². The molecular formula is C29H42ClNO4. The van der Waals surface area contributed by atoms with Gasteiger partial charge < -0.3 is 19.7 Å². The third-order valence-corrected chi connectivity index (χ3v) is 11.9. The van der Waals surface area contributed by atoms with Crippen LogP contribution in [0.25, 0.3) is 0 Å². The number of fused-ring (bicyclic) bond motifs is 2. The summed E-state index contributed by atoms with van der Waals surface area (Å²) in [5.74, 6) is 1.80. The fraction of sp³-hybridized carbons (Fsp3) is 0.793. The number of methoxy groups -OCH3 is 1. The van der Waals surface area contributed by atoms with Crippen molar-refractivity contribution in [1.29, 1.82) is 0 Å². The Morgan fingerprint density at radius 3 is 2.54 bits per heavy atom. The van der Waals surface area contributed by atoms with Gasteiger partial charge in [0, 0.05) is 42.0 Å². The number of ether oxygens (including phenoxy) is 2. The molecular weight excluding hydrogens is 462 g/mol. The fourth-order valence-corrected chi connectivity index (χ4v) is 9.58. The van der Waals surface area contributed by atoms with Gasteiger partial charge in [-0.15, -0.1) is 12.4 Å². The fourth-order valence-electron chi connectivity index (χ4n) is 9.58. The quantitative estimate of drug-likeness (QED) is 0.616. The van der Waals surface area contributed by atoms with E-state index in [-0.39, 0.29) is 46.4 Å². The molecule has 2 spiro atoms. The molecule has 1 saturated heterocycles. The van der Waals surface area contributed by atoms with E-state index in [9.17, 15) is 10.2 Å². The Labute approximate surface area is 216 Å². The maximum atomic E-state index is 12.2. The Morgan fingerprint density at radius 1 is 1.14 bits per heavy atom. The largest absolute Gasteiger partial charge is 0.504 e. The smallest absolute Gasteiger partial charge is 0.165 e. The third-order valence-electron chi connectivity index (χ3n) is 11.9. The van der Waals surface area contributed by atoms with Crippen LogP contribution in [0.3, 0.4) is 0 Å². The number of phenols is 1. The zero-order valence-electron chi connectivity index (χ0n) is 21.9. The number of rotatable bonds is 4. The normalized spacial score (nSPS) is 42.6. The van der Waals surface area contributed by atoms with E-state index in [1.807, 2.05) is 20.1 Å². The number of piperidine rings is 1. The molecule has 1 aromatic carbocycles. The van der Waals surface area contributed by atoms with Crippen LogP contribution in [0.5, 0.6) is 11.5 Å². The highest BCUT2D eigenvalue weighted by Crippen LogP contribution is 2.78. The van der Waals surface area contributed by atoms with Gasteiger partial charge in [-0.25, -0.2) is 0 Å². The lowest BCUT2D eigenvalue weighted by Gasteiger charge is -2.75. The number of halogens is 1. The highest BCUT2D eigenvalue weighted by atomic mass is 35.5. The summed E-state index contributed by atoms with van der Waals surface area (Å²) in [5, 5.41) is 23.2. The minimum Gasteiger partial charge on any atom is -0.504 e. The second kappa shape index (κ2) is 7.09. The number of likely N-dealkylation sites (tertiary alicyclic amines) is 1. The van der Waals surface area contributed by atoms with Crippen molar-refractivity contribution in [3.63, 3.8) is 0 Å². The number of aliphatic hydroxyl groups is 1. The monoisotopic (exact) mass is 503 g/mol. The molecule has 194 valence electrons. The van der Waals surface area contributed by atoms with Crippen molar-refractivity contribution in [1.82, 2.24) is 4.90 Å². The molecule has 2 heterocycles. The average molecular weight is 504 g/mol. The van der Waals surface area contributed by atoms with Gasteiger partial charge in [-0.2, -0.15) is 0 Å². The Kier molecular flexibility index (Phi) is 4.93. The van der Waals surface area contributed by atoms with Crippen LogP contribution in [0.4, 0.5) is 0 Å². The molecule has 2 aliphatic heterocycles. The zero-order valence-corrected chi connectivity index (χ0v) is 22.7. The maximum absolute atomic E-state index is 12.2. The van der Waals surface area contributed by atoms with Gasteiger partial charge in [0.15, 0.2) is 11.5 Å². The van der Waals surface area contributed by atoms with Gasteiger partial charge in [0.1, 0.15) is 11.7 Å². The molecule has 2 unspecified atom stereocenters. The van der Waals surface area contributed by atoms with Crippen LogP contribution < -0.4 is 4.74 Å². The summed E-state index contributed by atoms with van der Waals surface area (Å²) >= 11 is 0. The molecule has 8 rings (SSSR count). The second-order valence-electron chi connectivity index (χ2n) is 13.8. The van der Waals surface area contributed by atoms with Gasteiger partial charge in [0.25, 0.3) is 0 Å². The van der Waals surface area contributed by atoms with Gasteiger partial charge in [0.05, 0.1) is 5.60 Å². The lowest BCUT2D eigenvalue weighted by molar-refractivity contribution is -0.312. The number of aromatic hydroxyl groups is 1. The summed E-state index contributed by atoms with van der Waals surface area (Å²) in [6.07, 6.45) is 7.64. The predicted octanol–water partition coefficient (Wildman–Crippen LogP) is 4.84. The first-order valence-corrected chi connectivity index (χ1v) is 13.6. The summed E-state index contributed by atoms with van der Waals surface area (Å²) in [6, 6.07) is 4.46. The standard InChI is InChI=1S/C29H41NO4.ClH/c1-25(2,3)26(4,32)20-15-27-10-11-29(20,33-5)24-28(27)12-13-30(16-17-6-7-17)21(27)14-18-8-9-19(31)23(34-24)22(18)28;/h8-9,17,20-21,24,31-32H,6-7,10-16H2,1-5H3;1H/t20-,21-,24-,26+,27?,28+,29?;/m1./s1. The van der Waals surface area contributed by atoms with Crippen molar-refractivity contribution >= 4 is 12.4 Å². The van der Waals surface area contributed by atoms with E-state index in [1.165, 1.54) is 30.5 Å². The van der Waals surface area contributed by atoms with Crippen molar-refractivity contribution < 1.29 is 19.7 Å². The molecule has 0 radical (unpaired) electrons. The SMILES string of the molecule is COC12CCC3(C[C@@H]1[C@](C)(O)C(C)(C)C)[C@H]1Cc4ccc(O)c5c4[C@@]3(CCN1CC1CC1)[C@H]2O5.Cl. The van der Waals surface area contributed by atoms with Crippen LogP contribution in [0.15, 0.2) is 12.1 Å². The van der Waals surface area contributed by atoms with Crippen molar-refractivity contribution in [3.05, 3.63) is 23.3 Å². The Balaban J connectivity index is 0.00000229. The van der Waals surface area contributed by atoms with Crippen LogP contribution >= 0.6 is 12.4 Å². The molecule has 7 atom stereocenters. The second-order valence-corrected chi connectivity index (χ2v) is 13.8. The van der Waals surface area contributed by atoms with E-state index >= 15 is 0 Å². The highest BCUT2D eigenvalue weighted by Gasteiger charge is 2.82. The van der Waals surface area contributed by atoms with E-state index in [1.54, 1.807) is 0 Å². The molecule has 35 heavy (non-hydrogen) atoms. The molecule has 0 aromatic heterocycles. The molecule has 6 heteroatoms. The Bertz CT molecular complexity index is 1060. The molecule has 4 bridgehead atoms. The van der Waals surface area contributed by atoms with Gasteiger partial charge in [-0.05, 0) is 81.4 Å². The third kappa shape index (κ3) is 2.62. The number of nitrogens with zero attached hydrogens (tertiary/aromatic N) is 1. The minimum absolute atomic E-state index is 0. The number of hydrogen-bond donors (Lipinski definition) is 2. The molecule has 4 saturated carbocycles. The number of phenolic OH excluding ortho intramolecular Hbond substituents is 1. The first kappa shape index (κ1) is 24.3. The van der Waals surface area contributed by atoms with E-state index in [0.717, 1.165) is 44.6 Å². The van der Waals surface area contributed by atoms with E-state index in [4.69, 9.17) is 9.47 Å². The lowest BCUT2D eigenvalue weighted by Crippen LogP contribution is -2.83. The van der Waals surface area contributed by atoms with Crippen molar-refractivity contribution in [2.45, 2.75) is 101 Å². The van der Waals surface area contributed by atoms with E-state index < -0.39 is 11.2 Å². The van der Waals surface area contributed by atoms with E-state index in [2.05, 4.69) is 31.7 Å². The van der Waals surface area contributed by atoms with Gasteiger partial charge in [0.2, 0.25) is 0 Å². The molecule has 0 amide bonds. The Morgan fingerprint density at radius 2 is 1.89 bits per heavy atom. The van der Waals surface area contributed by atoms with Crippen LogP contribution in [0, 0.1) is 22.7 Å². The first-order chi connectivity index (χ1) is 16.0. The van der Waals surface area contributed by atoms with Gasteiger partial charge in [-0.1, -0.05) is 26.8 Å². The van der Waals surface area contributed by atoms with E-state index in [0.29, 0.717) is 11.8 Å². The van der Waals surface area contributed by atoms with Crippen molar-refractivity contribution in [2.24, 2.45) is 22.7 Å². The molecule has 7 aliphatic rings. The predicted molar refractivity (Wildman–Crippen MR) is 137 cm³/mol. The van der Waals surface area contributed by atoms with Gasteiger partial charge >= 0.3 is 0 Å². The molecule has 5 nitrogen and oxygen atoms in total. The first-order valence-electron chi connectivity index (χ1n) is 13.6. The molecule has 5 aliphatic carbocycles. The number of benzene rings is 1. The summed E-state index contributed by atoms with van der Waals surface area (Å²) in [7, 11) is 1.83. The maximum Gasteiger partial charge on any atom is 0.165 e. The molecule has 1 aromatic rings. The zero-order chi connectivity index (χ0) is 23.9. The Hall–Kier alpha value is -1.01. The van der Waals surface area contributed by atoms with Crippen LogP contribution in [-0.4, -0.2) is 58.7 Å². The van der Waals surface area contributed by atoms with Crippen molar-refractivity contribution in [2.75, 3.05) is 20.2 Å². The molecule has 2 N–H and O–H groups in total. The summed E-state index contributed by atoms with van der Waals surface area (Å²) in [4.78, 5) is 2.82. The number of hydrogen-bond acceptors (Lipinski definition) is 5. The lowest BCUT2D eigenvalue weighted by atomic mass is 9.33. The topological polar surface area (TPSA) is 62.2 Å². The minimum atomic E-state index is -0.909. The van der Waals surface area contributed by atoms with Crippen LogP contribution in [-0.2, 0) is 16.6 Å². The highest BCUT2D eigenvalue weighted by molar-refractivity contribution is 5.85. The summed E-state index contributed by atoms with van der Waals surface area (Å²) in [6.45, 7) is 10.8. The van der Waals surface area contributed by atoms with Crippen LogP contribution in [0.1, 0.15) is 77.3 Å². The summed E-state index contributed by atoms with van der Waals surface area (Å²) < 4.78 is 13.5. The molecule has 5 fully saturated rings. The van der Waals surface area contributed by atoms with Crippen LogP contribution in [0.2, 0.25) is 0 Å².